The molecule has 4 heteroatoms. The fourth-order valence-electron chi connectivity index (χ4n) is 2.29. The van der Waals surface area contributed by atoms with Crippen molar-refractivity contribution in [1.29, 1.82) is 0 Å². The maximum Gasteiger partial charge on any atom is 0.255 e. The monoisotopic (exact) mass is 299 g/mol. The summed E-state index contributed by atoms with van der Waals surface area (Å²) in [6.07, 6.45) is 0. The summed E-state index contributed by atoms with van der Waals surface area (Å²) in [7, 11) is 3.16. The fraction of sp³-hybridized carbons (Fsp3) is 0.278. The van der Waals surface area contributed by atoms with Crippen LogP contribution in [0.2, 0.25) is 0 Å². The summed E-state index contributed by atoms with van der Waals surface area (Å²) >= 11 is 0. The van der Waals surface area contributed by atoms with Gasteiger partial charge in [-0.25, -0.2) is 0 Å². The molecule has 1 amide bonds. The van der Waals surface area contributed by atoms with E-state index in [0.29, 0.717) is 24.5 Å². The summed E-state index contributed by atoms with van der Waals surface area (Å²) < 4.78 is 11.1. The predicted molar refractivity (Wildman–Crippen MR) is 86.1 cm³/mol. The van der Waals surface area contributed by atoms with Crippen molar-refractivity contribution in [2.45, 2.75) is 20.1 Å². The number of rotatable bonds is 6. The molecule has 0 fully saturated rings. The highest BCUT2D eigenvalue weighted by atomic mass is 16.5. The van der Waals surface area contributed by atoms with Crippen molar-refractivity contribution in [1.82, 2.24) is 5.32 Å². The molecule has 0 aliphatic carbocycles. The third-order valence-corrected chi connectivity index (χ3v) is 3.56. The zero-order chi connectivity index (χ0) is 15.9. The van der Waals surface area contributed by atoms with Gasteiger partial charge in [0.2, 0.25) is 0 Å². The zero-order valence-corrected chi connectivity index (χ0v) is 13.2. The van der Waals surface area contributed by atoms with Gasteiger partial charge in [-0.1, -0.05) is 36.4 Å². The van der Waals surface area contributed by atoms with Crippen LogP contribution in [0.15, 0.2) is 42.5 Å². The molecule has 0 aliphatic heterocycles. The van der Waals surface area contributed by atoms with E-state index in [1.54, 1.807) is 20.2 Å². The minimum atomic E-state index is -0.174. The smallest absolute Gasteiger partial charge is 0.255 e. The van der Waals surface area contributed by atoms with Gasteiger partial charge in [0.1, 0.15) is 5.75 Å². The molecule has 0 saturated heterocycles. The molecule has 2 aromatic rings. The van der Waals surface area contributed by atoms with Crippen LogP contribution in [0.25, 0.3) is 0 Å². The van der Waals surface area contributed by atoms with Crippen molar-refractivity contribution in [3.63, 3.8) is 0 Å². The van der Waals surface area contributed by atoms with E-state index in [1.807, 2.05) is 30.3 Å². The van der Waals surface area contributed by atoms with Gasteiger partial charge in [0.15, 0.2) is 0 Å². The molecule has 2 rings (SSSR count). The Balaban J connectivity index is 2.13. The maximum absolute atomic E-state index is 12.1. The maximum atomic E-state index is 12.1. The Morgan fingerprint density at radius 2 is 1.73 bits per heavy atom. The van der Waals surface area contributed by atoms with Gasteiger partial charge in [-0.05, 0) is 29.7 Å². The molecule has 2 aromatic carbocycles. The van der Waals surface area contributed by atoms with Crippen LogP contribution >= 0.6 is 0 Å². The van der Waals surface area contributed by atoms with Gasteiger partial charge in [-0.15, -0.1) is 0 Å². The number of aryl methyl sites for hydroxylation is 1. The Kier molecular flexibility index (Phi) is 5.55. The van der Waals surface area contributed by atoms with Gasteiger partial charge >= 0.3 is 0 Å². The van der Waals surface area contributed by atoms with E-state index in [9.17, 15) is 4.79 Å². The van der Waals surface area contributed by atoms with E-state index in [0.717, 1.165) is 11.1 Å². The van der Waals surface area contributed by atoms with E-state index in [-0.39, 0.29) is 5.91 Å². The van der Waals surface area contributed by atoms with E-state index < -0.39 is 0 Å². The fourth-order valence-corrected chi connectivity index (χ4v) is 2.29. The molecule has 0 radical (unpaired) electrons. The van der Waals surface area contributed by atoms with Gasteiger partial charge < -0.3 is 14.8 Å². The highest BCUT2D eigenvalue weighted by molar-refractivity contribution is 5.98. The first-order chi connectivity index (χ1) is 10.7. The number of methoxy groups -OCH3 is 1. The van der Waals surface area contributed by atoms with Crippen LogP contribution in [0.4, 0.5) is 0 Å². The summed E-state index contributed by atoms with van der Waals surface area (Å²) in [5.74, 6) is 0.378. The van der Waals surface area contributed by atoms with E-state index in [4.69, 9.17) is 9.47 Å². The standard InChI is InChI=1S/C18H21NO3/c1-13-7-4-5-8-14(13)11-22-12-15-9-6-10-16(21-3)17(15)18(20)19-2/h4-10H,11-12H2,1-3H3,(H,19,20). The molecule has 1 N–H and O–H groups in total. The molecule has 116 valence electrons. The predicted octanol–water partition coefficient (Wildman–Crippen LogP) is 3.08. The number of hydrogen-bond acceptors (Lipinski definition) is 3. The SMILES string of the molecule is CNC(=O)c1c(COCc2ccccc2C)cccc1OC. The van der Waals surface area contributed by atoms with E-state index in [1.165, 1.54) is 5.56 Å². The summed E-state index contributed by atoms with van der Waals surface area (Å²) in [6.45, 7) is 2.92. The lowest BCUT2D eigenvalue weighted by Gasteiger charge is -2.13. The van der Waals surface area contributed by atoms with Crippen LogP contribution in [0, 0.1) is 6.92 Å². The zero-order valence-electron chi connectivity index (χ0n) is 13.2. The first-order valence-electron chi connectivity index (χ1n) is 7.17. The minimum Gasteiger partial charge on any atom is -0.496 e. The molecule has 0 bridgehead atoms. The van der Waals surface area contributed by atoms with Gasteiger partial charge in [-0.3, -0.25) is 4.79 Å². The minimum absolute atomic E-state index is 0.174. The van der Waals surface area contributed by atoms with Gasteiger partial charge in [0.05, 0.1) is 25.9 Å². The van der Waals surface area contributed by atoms with E-state index in [2.05, 4.69) is 18.3 Å². The third kappa shape index (κ3) is 3.65. The second-order valence-corrected chi connectivity index (χ2v) is 4.99. The highest BCUT2D eigenvalue weighted by Gasteiger charge is 2.16. The first kappa shape index (κ1) is 16.0. The number of amides is 1. The first-order valence-corrected chi connectivity index (χ1v) is 7.17. The molecule has 0 aliphatic rings. The molecular formula is C18H21NO3. The van der Waals surface area contributed by atoms with Gasteiger partial charge in [-0.2, -0.15) is 0 Å². The van der Waals surface area contributed by atoms with Crippen molar-refractivity contribution < 1.29 is 14.3 Å². The molecule has 0 spiro atoms. The number of benzene rings is 2. The van der Waals surface area contributed by atoms with Crippen molar-refractivity contribution in [2.75, 3.05) is 14.2 Å². The largest absolute Gasteiger partial charge is 0.496 e. The lowest BCUT2D eigenvalue weighted by atomic mass is 10.1. The Morgan fingerprint density at radius 3 is 2.41 bits per heavy atom. The lowest BCUT2D eigenvalue weighted by Crippen LogP contribution is -2.20. The highest BCUT2D eigenvalue weighted by Crippen LogP contribution is 2.23. The van der Waals surface area contributed by atoms with Gasteiger partial charge in [0.25, 0.3) is 5.91 Å². The van der Waals surface area contributed by atoms with Crippen LogP contribution in [0.3, 0.4) is 0 Å². The van der Waals surface area contributed by atoms with Crippen LogP contribution in [0.5, 0.6) is 5.75 Å². The van der Waals surface area contributed by atoms with E-state index >= 15 is 0 Å². The number of ether oxygens (including phenoxy) is 2. The Morgan fingerprint density at radius 1 is 1.05 bits per heavy atom. The normalized spacial score (nSPS) is 10.3. The number of nitrogens with one attached hydrogen (secondary N) is 1. The second-order valence-electron chi connectivity index (χ2n) is 4.99. The van der Waals surface area contributed by atoms with Crippen molar-refractivity contribution in [3.8, 4) is 5.75 Å². The van der Waals surface area contributed by atoms with Crippen LogP contribution in [0.1, 0.15) is 27.0 Å². The quantitative estimate of drug-likeness (QED) is 0.891. The van der Waals surface area contributed by atoms with Crippen molar-refractivity contribution >= 4 is 5.91 Å². The lowest BCUT2D eigenvalue weighted by molar-refractivity contribution is 0.0931. The third-order valence-electron chi connectivity index (χ3n) is 3.56. The van der Waals surface area contributed by atoms with Gasteiger partial charge in [0, 0.05) is 7.05 Å². The number of carbonyl (C=O) groups excluding carboxylic acids is 1. The van der Waals surface area contributed by atoms with Crippen LogP contribution in [-0.4, -0.2) is 20.1 Å². The summed E-state index contributed by atoms with van der Waals surface area (Å²) in [5.41, 5.74) is 3.68. The Labute approximate surface area is 131 Å². The average molecular weight is 299 g/mol. The van der Waals surface area contributed by atoms with Crippen molar-refractivity contribution in [2.24, 2.45) is 0 Å². The van der Waals surface area contributed by atoms with Crippen LogP contribution < -0.4 is 10.1 Å². The molecule has 0 atom stereocenters. The Hall–Kier alpha value is -2.33. The molecule has 0 aromatic heterocycles. The number of hydrogen-bond donors (Lipinski definition) is 1. The van der Waals surface area contributed by atoms with Crippen molar-refractivity contribution in [3.05, 3.63) is 64.7 Å². The molecular weight excluding hydrogens is 278 g/mol. The molecule has 4 nitrogen and oxygen atoms in total. The second kappa shape index (κ2) is 7.61. The Bertz CT molecular complexity index is 653. The molecule has 0 unspecified atom stereocenters. The van der Waals surface area contributed by atoms with Crippen LogP contribution in [-0.2, 0) is 18.0 Å². The molecule has 0 heterocycles. The molecule has 22 heavy (non-hydrogen) atoms. The number of carbonyl (C=O) groups is 1. The average Bonchev–Trinajstić information content (AvgIpc) is 2.55. The summed E-state index contributed by atoms with van der Waals surface area (Å²) in [5, 5.41) is 2.64. The molecule has 0 saturated carbocycles. The topological polar surface area (TPSA) is 47.6 Å². The summed E-state index contributed by atoms with van der Waals surface area (Å²) in [6, 6.07) is 13.6. The summed E-state index contributed by atoms with van der Waals surface area (Å²) in [4.78, 5) is 12.1.